The van der Waals surface area contributed by atoms with E-state index in [0.717, 1.165) is 37.5 Å². The molecule has 17 heavy (non-hydrogen) atoms. The molecule has 0 bridgehead atoms. The number of piperidine rings is 1. The summed E-state index contributed by atoms with van der Waals surface area (Å²) in [6.45, 7) is 3.51. The number of carbonyl (C=O) groups is 1. The molecule has 1 aliphatic heterocycles. The van der Waals surface area contributed by atoms with Crippen LogP contribution in [0.4, 0.5) is 0 Å². The lowest BCUT2D eigenvalue weighted by atomic mass is 9.88. The molecule has 94 valence electrons. The average molecular weight is 254 g/mol. The van der Waals surface area contributed by atoms with Gasteiger partial charge in [0.15, 0.2) is 5.69 Å². The van der Waals surface area contributed by atoms with Crippen LogP contribution in [0.1, 0.15) is 36.7 Å². The highest BCUT2D eigenvalue weighted by Gasteiger charge is 2.31. The van der Waals surface area contributed by atoms with Gasteiger partial charge in [-0.1, -0.05) is 13.3 Å². The van der Waals surface area contributed by atoms with E-state index in [0.29, 0.717) is 18.2 Å². The first kappa shape index (κ1) is 12.4. The fourth-order valence-corrected chi connectivity index (χ4v) is 2.81. The molecule has 1 fully saturated rings. The van der Waals surface area contributed by atoms with Crippen LogP contribution in [0.5, 0.6) is 0 Å². The Bertz CT molecular complexity index is 368. The fourth-order valence-electron chi connectivity index (χ4n) is 2.40. The molecular weight excluding hydrogens is 236 g/mol. The number of hydrogen-bond donors (Lipinski definition) is 1. The maximum atomic E-state index is 12.2. The first-order chi connectivity index (χ1) is 8.26. The van der Waals surface area contributed by atoms with Crippen LogP contribution < -0.4 is 5.73 Å². The van der Waals surface area contributed by atoms with Crippen LogP contribution in [-0.2, 0) is 0 Å². The zero-order valence-corrected chi connectivity index (χ0v) is 10.8. The number of aromatic nitrogens is 2. The molecule has 1 aromatic heterocycles. The molecule has 1 saturated heterocycles. The van der Waals surface area contributed by atoms with Crippen molar-refractivity contribution in [1.29, 1.82) is 0 Å². The fraction of sp³-hybridized carbons (Fsp3) is 0.727. The van der Waals surface area contributed by atoms with Gasteiger partial charge < -0.3 is 10.6 Å². The second kappa shape index (κ2) is 5.55. The predicted octanol–water partition coefficient (Wildman–Crippen LogP) is 1.13. The van der Waals surface area contributed by atoms with Crippen LogP contribution in [-0.4, -0.2) is 38.7 Å². The van der Waals surface area contributed by atoms with E-state index >= 15 is 0 Å². The average Bonchev–Trinajstić information content (AvgIpc) is 2.91. The lowest BCUT2D eigenvalue weighted by molar-refractivity contribution is 0.0553. The van der Waals surface area contributed by atoms with E-state index in [4.69, 9.17) is 5.73 Å². The second-order valence-corrected chi connectivity index (χ2v) is 5.04. The summed E-state index contributed by atoms with van der Waals surface area (Å²) in [6.07, 6.45) is 4.77. The van der Waals surface area contributed by atoms with E-state index in [2.05, 4.69) is 15.7 Å². The van der Waals surface area contributed by atoms with Gasteiger partial charge in [0.1, 0.15) is 0 Å². The van der Waals surface area contributed by atoms with Crippen molar-refractivity contribution in [2.24, 2.45) is 11.7 Å². The van der Waals surface area contributed by atoms with Gasteiger partial charge in [-0.15, -0.1) is 0 Å². The van der Waals surface area contributed by atoms with Crippen LogP contribution >= 0.6 is 11.7 Å². The predicted molar refractivity (Wildman–Crippen MR) is 66.8 cm³/mol. The van der Waals surface area contributed by atoms with Gasteiger partial charge in [-0.2, -0.15) is 8.75 Å². The van der Waals surface area contributed by atoms with Crippen LogP contribution in [0.3, 0.4) is 0 Å². The minimum absolute atomic E-state index is 0.0243. The van der Waals surface area contributed by atoms with Crippen molar-refractivity contribution in [3.63, 3.8) is 0 Å². The zero-order valence-electron chi connectivity index (χ0n) is 10.0. The highest BCUT2D eigenvalue weighted by atomic mass is 32.1. The third kappa shape index (κ3) is 2.63. The maximum absolute atomic E-state index is 12.2. The third-order valence-electron chi connectivity index (χ3n) is 3.52. The van der Waals surface area contributed by atoms with Crippen molar-refractivity contribution in [2.75, 3.05) is 13.1 Å². The molecule has 0 aliphatic carbocycles. The molecule has 2 heterocycles. The number of amides is 1. The number of rotatable bonds is 3. The van der Waals surface area contributed by atoms with E-state index in [1.807, 2.05) is 4.90 Å². The molecular formula is C11H18N4OS. The molecule has 0 aromatic carbocycles. The summed E-state index contributed by atoms with van der Waals surface area (Å²) in [6, 6.07) is 0.155. The minimum atomic E-state index is -0.0243. The number of nitrogens with zero attached hydrogens (tertiary/aromatic N) is 3. The standard InChI is InChI=1S/C11H18N4OS/c1-2-8-3-4-15(9(5-8)6-12)11(16)10-7-13-17-14-10/h7-9H,2-6,12H2,1H3. The van der Waals surface area contributed by atoms with Crippen molar-refractivity contribution in [3.05, 3.63) is 11.9 Å². The van der Waals surface area contributed by atoms with Gasteiger partial charge in [-0.25, -0.2) is 0 Å². The third-order valence-corrected chi connectivity index (χ3v) is 3.99. The number of likely N-dealkylation sites (tertiary alicyclic amines) is 1. The molecule has 0 saturated carbocycles. The molecule has 1 amide bonds. The van der Waals surface area contributed by atoms with E-state index < -0.39 is 0 Å². The van der Waals surface area contributed by atoms with Gasteiger partial charge in [0.2, 0.25) is 0 Å². The molecule has 1 aromatic rings. The molecule has 0 spiro atoms. The van der Waals surface area contributed by atoms with Crippen molar-refractivity contribution >= 4 is 17.6 Å². The van der Waals surface area contributed by atoms with Gasteiger partial charge in [0, 0.05) is 19.1 Å². The molecule has 2 atom stereocenters. The van der Waals surface area contributed by atoms with Crippen LogP contribution in [0.15, 0.2) is 6.20 Å². The largest absolute Gasteiger partial charge is 0.333 e. The zero-order chi connectivity index (χ0) is 12.3. The number of carbonyl (C=O) groups excluding carboxylic acids is 1. The highest BCUT2D eigenvalue weighted by Crippen LogP contribution is 2.25. The summed E-state index contributed by atoms with van der Waals surface area (Å²) in [4.78, 5) is 14.1. The van der Waals surface area contributed by atoms with Gasteiger partial charge in [-0.05, 0) is 18.8 Å². The summed E-state index contributed by atoms with van der Waals surface area (Å²) in [7, 11) is 0. The van der Waals surface area contributed by atoms with Crippen molar-refractivity contribution in [1.82, 2.24) is 13.6 Å². The van der Waals surface area contributed by atoms with Crippen LogP contribution in [0.2, 0.25) is 0 Å². The molecule has 6 heteroatoms. The Morgan fingerprint density at radius 1 is 1.71 bits per heavy atom. The topological polar surface area (TPSA) is 72.1 Å². The molecule has 5 nitrogen and oxygen atoms in total. The van der Waals surface area contributed by atoms with Gasteiger partial charge in [-0.3, -0.25) is 4.79 Å². The Balaban J connectivity index is 2.07. The van der Waals surface area contributed by atoms with E-state index in [1.54, 1.807) is 0 Å². The van der Waals surface area contributed by atoms with Crippen LogP contribution in [0.25, 0.3) is 0 Å². The Morgan fingerprint density at radius 3 is 3.12 bits per heavy atom. The Hall–Kier alpha value is -1.01. The van der Waals surface area contributed by atoms with E-state index in [-0.39, 0.29) is 11.9 Å². The molecule has 0 radical (unpaired) electrons. The SMILES string of the molecule is CCC1CCN(C(=O)c2cnsn2)C(CN)C1. The first-order valence-corrected chi connectivity index (χ1v) is 6.77. The van der Waals surface area contributed by atoms with Gasteiger partial charge >= 0.3 is 0 Å². The first-order valence-electron chi connectivity index (χ1n) is 6.04. The Labute approximate surface area is 105 Å². The molecule has 2 unspecified atom stereocenters. The summed E-state index contributed by atoms with van der Waals surface area (Å²) >= 11 is 1.07. The van der Waals surface area contributed by atoms with Gasteiger partial charge in [0.05, 0.1) is 17.9 Å². The smallest absolute Gasteiger partial charge is 0.275 e. The summed E-state index contributed by atoms with van der Waals surface area (Å²) in [5, 5.41) is 0. The Morgan fingerprint density at radius 2 is 2.53 bits per heavy atom. The van der Waals surface area contributed by atoms with Crippen molar-refractivity contribution < 1.29 is 4.79 Å². The van der Waals surface area contributed by atoms with Gasteiger partial charge in [0.25, 0.3) is 5.91 Å². The molecule has 2 N–H and O–H groups in total. The van der Waals surface area contributed by atoms with E-state index in [9.17, 15) is 4.79 Å². The summed E-state index contributed by atoms with van der Waals surface area (Å²) < 4.78 is 7.87. The lowest BCUT2D eigenvalue weighted by Gasteiger charge is -2.38. The van der Waals surface area contributed by atoms with Crippen molar-refractivity contribution in [2.45, 2.75) is 32.2 Å². The highest BCUT2D eigenvalue weighted by molar-refractivity contribution is 6.99. The summed E-state index contributed by atoms with van der Waals surface area (Å²) in [5.41, 5.74) is 6.22. The maximum Gasteiger partial charge on any atom is 0.275 e. The minimum Gasteiger partial charge on any atom is -0.333 e. The molecule has 1 aliphatic rings. The number of hydrogen-bond acceptors (Lipinski definition) is 5. The lowest BCUT2D eigenvalue weighted by Crippen LogP contribution is -2.49. The summed E-state index contributed by atoms with van der Waals surface area (Å²) in [5.74, 6) is 0.671. The molecule has 2 rings (SSSR count). The van der Waals surface area contributed by atoms with Crippen molar-refractivity contribution in [3.8, 4) is 0 Å². The quantitative estimate of drug-likeness (QED) is 0.877. The number of nitrogens with two attached hydrogens (primary N) is 1. The normalized spacial score (nSPS) is 24.9. The monoisotopic (exact) mass is 254 g/mol. The Kier molecular flexibility index (Phi) is 4.06. The van der Waals surface area contributed by atoms with E-state index in [1.165, 1.54) is 6.20 Å². The van der Waals surface area contributed by atoms with Crippen LogP contribution in [0, 0.1) is 5.92 Å². The second-order valence-electron chi connectivity index (χ2n) is 4.48.